The quantitative estimate of drug-likeness (QED) is 0.557. The van der Waals surface area contributed by atoms with E-state index in [1.807, 2.05) is 0 Å². The van der Waals surface area contributed by atoms with Crippen LogP contribution in [0, 0.1) is 5.41 Å². The molecule has 68 valence electrons. The minimum atomic E-state index is 0.230. The molecule has 0 aliphatic carbocycles. The Hall–Kier alpha value is -0.650. The highest BCUT2D eigenvalue weighted by molar-refractivity contribution is 6.40. The first-order valence-corrected chi connectivity index (χ1v) is 4.91. The van der Waals surface area contributed by atoms with Gasteiger partial charge in [0.25, 0.3) is 0 Å². The molecule has 1 rings (SSSR count). The van der Waals surface area contributed by atoms with Gasteiger partial charge in [0, 0.05) is 0 Å². The summed E-state index contributed by atoms with van der Waals surface area (Å²) in [5.74, 6) is 0. The van der Waals surface area contributed by atoms with Crippen molar-refractivity contribution in [2.75, 3.05) is 0 Å². The zero-order chi connectivity index (χ0) is 10.1. The van der Waals surface area contributed by atoms with E-state index in [2.05, 4.69) is 66.8 Å². The van der Waals surface area contributed by atoms with Gasteiger partial charge >= 0.3 is 0 Å². The molecular formula is C11H18B2. The molecule has 1 aromatic rings. The molecule has 0 saturated heterocycles. The second kappa shape index (κ2) is 3.25. The van der Waals surface area contributed by atoms with Crippen LogP contribution in [0.25, 0.3) is 0 Å². The van der Waals surface area contributed by atoms with Gasteiger partial charge in [0.05, 0.1) is 0 Å². The predicted molar refractivity (Wildman–Crippen MR) is 64.7 cm³/mol. The fraction of sp³-hybridized carbons (Fsp3) is 0.455. The maximum Gasteiger partial charge on any atom is 0.105 e. The lowest BCUT2D eigenvalue weighted by molar-refractivity contribution is 0.358. The zero-order valence-corrected chi connectivity index (χ0v) is 9.39. The van der Waals surface area contributed by atoms with Crippen LogP contribution in [-0.2, 0) is 5.21 Å². The van der Waals surface area contributed by atoms with Gasteiger partial charge in [-0.05, 0) is 5.41 Å². The largest absolute Gasteiger partial charge is 0.105 e. The molecule has 0 unspecified atom stereocenters. The van der Waals surface area contributed by atoms with E-state index in [9.17, 15) is 0 Å². The third-order valence-corrected chi connectivity index (χ3v) is 3.37. The minimum Gasteiger partial charge on any atom is -0.0622 e. The fourth-order valence-electron chi connectivity index (χ4n) is 1.29. The van der Waals surface area contributed by atoms with E-state index in [1.165, 1.54) is 5.56 Å². The summed E-state index contributed by atoms with van der Waals surface area (Å²) in [7, 11) is 4.62. The summed E-state index contributed by atoms with van der Waals surface area (Å²) in [6, 6.07) is 10.7. The van der Waals surface area contributed by atoms with Gasteiger partial charge in [-0.25, -0.2) is 0 Å². The Morgan fingerprint density at radius 3 is 1.77 bits per heavy atom. The number of hydrogen-bond acceptors (Lipinski definition) is 0. The Kier molecular flexibility index (Phi) is 2.61. The molecule has 0 amide bonds. The van der Waals surface area contributed by atoms with E-state index in [-0.39, 0.29) is 5.21 Å². The Balaban J connectivity index is 3.08. The van der Waals surface area contributed by atoms with Crippen LogP contribution in [0.5, 0.6) is 0 Å². The Labute approximate surface area is 83.6 Å². The molecule has 0 radical (unpaired) electrons. The van der Waals surface area contributed by atoms with E-state index in [0.29, 0.717) is 5.41 Å². The molecule has 0 heterocycles. The molecule has 0 aromatic heterocycles. The minimum absolute atomic E-state index is 0.230. The smallest absolute Gasteiger partial charge is 0.0622 e. The lowest BCUT2D eigenvalue weighted by atomic mass is 9.41. The predicted octanol–water partition coefficient (Wildman–Crippen LogP) is 1.15. The first-order valence-electron chi connectivity index (χ1n) is 4.91. The van der Waals surface area contributed by atoms with Crippen molar-refractivity contribution in [3.63, 3.8) is 0 Å². The zero-order valence-electron chi connectivity index (χ0n) is 9.39. The molecular weight excluding hydrogens is 154 g/mol. The highest BCUT2D eigenvalue weighted by Crippen LogP contribution is 2.35. The second-order valence-corrected chi connectivity index (χ2v) is 5.24. The van der Waals surface area contributed by atoms with Gasteiger partial charge in [-0.15, -0.1) is 0 Å². The van der Waals surface area contributed by atoms with Crippen LogP contribution in [0.15, 0.2) is 30.3 Å². The van der Waals surface area contributed by atoms with Crippen LogP contribution >= 0.6 is 0 Å². The van der Waals surface area contributed by atoms with E-state index < -0.39 is 0 Å². The van der Waals surface area contributed by atoms with E-state index in [1.54, 1.807) is 0 Å². The first-order chi connectivity index (χ1) is 5.86. The van der Waals surface area contributed by atoms with Crippen molar-refractivity contribution in [2.45, 2.75) is 26.0 Å². The summed E-state index contributed by atoms with van der Waals surface area (Å²) in [5.41, 5.74) is 1.72. The molecule has 2 heteroatoms. The Morgan fingerprint density at radius 2 is 1.38 bits per heavy atom. The van der Waals surface area contributed by atoms with Crippen molar-refractivity contribution < 1.29 is 0 Å². The lowest BCUT2D eigenvalue weighted by Crippen LogP contribution is -2.41. The third-order valence-electron chi connectivity index (χ3n) is 3.37. The average molecular weight is 172 g/mol. The SMILES string of the molecule is BC(B)(c1ccccc1)C(C)(C)C. The standard InChI is InChI=1S/C11H18B2/c1-10(2,3)11(12,13)9-7-5-4-6-8-9/h4-8H,12-13H2,1-3H3. The molecule has 0 saturated carbocycles. The van der Waals surface area contributed by atoms with Gasteiger partial charge < -0.3 is 0 Å². The van der Waals surface area contributed by atoms with E-state index >= 15 is 0 Å². The second-order valence-electron chi connectivity index (χ2n) is 5.24. The normalized spacial score (nSPS) is 12.8. The molecule has 0 nitrogen and oxygen atoms in total. The molecule has 0 fully saturated rings. The van der Waals surface area contributed by atoms with Gasteiger partial charge in [0.15, 0.2) is 0 Å². The van der Waals surface area contributed by atoms with Crippen molar-refractivity contribution in [3.05, 3.63) is 35.9 Å². The van der Waals surface area contributed by atoms with Gasteiger partial charge in [0.1, 0.15) is 15.7 Å². The molecule has 0 spiro atoms. The van der Waals surface area contributed by atoms with Gasteiger partial charge in [-0.3, -0.25) is 0 Å². The number of hydrogen-bond donors (Lipinski definition) is 0. The van der Waals surface area contributed by atoms with Crippen LogP contribution in [0.2, 0.25) is 0 Å². The Morgan fingerprint density at radius 1 is 0.923 bits per heavy atom. The van der Waals surface area contributed by atoms with Crippen LogP contribution in [-0.4, -0.2) is 15.7 Å². The van der Waals surface area contributed by atoms with Crippen LogP contribution < -0.4 is 0 Å². The van der Waals surface area contributed by atoms with Crippen LogP contribution in [0.1, 0.15) is 26.3 Å². The van der Waals surface area contributed by atoms with Crippen molar-refractivity contribution in [3.8, 4) is 0 Å². The third kappa shape index (κ3) is 1.99. The first kappa shape index (κ1) is 10.4. The van der Waals surface area contributed by atoms with E-state index in [4.69, 9.17) is 0 Å². The fourth-order valence-corrected chi connectivity index (χ4v) is 1.29. The summed E-state index contributed by atoms with van der Waals surface area (Å²) in [5, 5.41) is 0.230. The summed E-state index contributed by atoms with van der Waals surface area (Å²) < 4.78 is 0. The Bertz CT molecular complexity index is 270. The maximum atomic E-state index is 2.31. The molecule has 1 aromatic carbocycles. The lowest BCUT2D eigenvalue weighted by Gasteiger charge is -2.39. The number of benzene rings is 1. The summed E-state index contributed by atoms with van der Waals surface area (Å²) in [6.07, 6.45) is 0. The summed E-state index contributed by atoms with van der Waals surface area (Å²) in [4.78, 5) is 0. The highest BCUT2D eigenvalue weighted by Gasteiger charge is 2.33. The maximum absolute atomic E-state index is 2.31. The molecule has 0 bridgehead atoms. The topological polar surface area (TPSA) is 0 Å². The van der Waals surface area contributed by atoms with Crippen LogP contribution in [0.4, 0.5) is 0 Å². The van der Waals surface area contributed by atoms with Crippen molar-refractivity contribution in [2.24, 2.45) is 5.41 Å². The van der Waals surface area contributed by atoms with Gasteiger partial charge in [0.2, 0.25) is 0 Å². The molecule has 0 atom stereocenters. The summed E-state index contributed by atoms with van der Waals surface area (Å²) in [6.45, 7) is 6.88. The monoisotopic (exact) mass is 172 g/mol. The summed E-state index contributed by atoms with van der Waals surface area (Å²) >= 11 is 0. The van der Waals surface area contributed by atoms with Gasteiger partial charge in [-0.1, -0.05) is 61.9 Å². The number of rotatable bonds is 1. The highest BCUT2D eigenvalue weighted by atomic mass is 14.3. The molecule has 0 aliphatic heterocycles. The van der Waals surface area contributed by atoms with Crippen molar-refractivity contribution >= 4 is 15.7 Å². The average Bonchev–Trinajstić information content (AvgIpc) is 2.04. The van der Waals surface area contributed by atoms with Crippen molar-refractivity contribution in [1.29, 1.82) is 0 Å². The van der Waals surface area contributed by atoms with Crippen LogP contribution in [0.3, 0.4) is 0 Å². The molecule has 0 aliphatic rings. The van der Waals surface area contributed by atoms with Gasteiger partial charge in [-0.2, -0.15) is 0 Å². The van der Waals surface area contributed by atoms with E-state index in [0.717, 1.165) is 0 Å². The molecule has 0 N–H and O–H groups in total. The molecule has 13 heavy (non-hydrogen) atoms. The van der Waals surface area contributed by atoms with Crippen molar-refractivity contribution in [1.82, 2.24) is 0 Å².